The number of alkyl halides is 2. The Morgan fingerprint density at radius 3 is 2.72 bits per heavy atom. The fraction of sp³-hybridized carbons (Fsp3) is 0.200. The lowest BCUT2D eigenvalue weighted by molar-refractivity contribution is -0.131. The highest BCUT2D eigenvalue weighted by Crippen LogP contribution is 2.32. The van der Waals surface area contributed by atoms with Gasteiger partial charge in [0.05, 0.1) is 30.2 Å². The summed E-state index contributed by atoms with van der Waals surface area (Å²) >= 11 is 6.10. The molecular weight excluding hydrogens is 522 g/mol. The minimum atomic E-state index is -3.12. The third kappa shape index (κ3) is 5.59. The average Bonchev–Trinajstić information content (AvgIpc) is 3.25. The van der Waals surface area contributed by atoms with E-state index in [1.165, 1.54) is 6.20 Å². The maximum absolute atomic E-state index is 13.7. The Kier molecular flexibility index (Phi) is 7.02. The van der Waals surface area contributed by atoms with Crippen LogP contribution < -0.4 is 5.32 Å². The van der Waals surface area contributed by atoms with Crippen molar-refractivity contribution < 1.29 is 18.4 Å². The van der Waals surface area contributed by atoms with Gasteiger partial charge >= 0.3 is 0 Å². The largest absolute Gasteiger partial charge is 0.343 e. The van der Waals surface area contributed by atoms with Crippen molar-refractivity contribution in [1.29, 1.82) is 5.26 Å². The van der Waals surface area contributed by atoms with Gasteiger partial charge in [0.1, 0.15) is 6.04 Å². The van der Waals surface area contributed by atoms with E-state index in [-0.39, 0.29) is 0 Å². The van der Waals surface area contributed by atoms with Gasteiger partial charge in [0.15, 0.2) is 0 Å². The van der Waals surface area contributed by atoms with Crippen LogP contribution in [0.25, 0.3) is 33.3 Å². The molecule has 1 aliphatic heterocycles. The molecule has 39 heavy (non-hydrogen) atoms. The number of nitriles is 1. The van der Waals surface area contributed by atoms with E-state index < -0.39 is 43.3 Å². The normalized spacial score (nSPS) is 16.8. The van der Waals surface area contributed by atoms with Crippen LogP contribution in [0.4, 0.5) is 8.78 Å². The van der Waals surface area contributed by atoms with E-state index in [0.717, 1.165) is 32.4 Å². The van der Waals surface area contributed by atoms with Gasteiger partial charge in [-0.2, -0.15) is 5.26 Å². The van der Waals surface area contributed by atoms with Crippen LogP contribution in [-0.2, 0) is 4.79 Å². The third-order valence-electron chi connectivity index (χ3n) is 6.79. The molecule has 0 spiro atoms. The van der Waals surface area contributed by atoms with Crippen LogP contribution >= 0.6 is 11.6 Å². The van der Waals surface area contributed by atoms with Gasteiger partial charge in [-0.15, -0.1) is 0 Å². The fourth-order valence-corrected chi connectivity index (χ4v) is 4.97. The molecule has 196 valence electrons. The summed E-state index contributed by atoms with van der Waals surface area (Å²) < 4.78 is 27.4. The molecule has 1 aromatic heterocycles. The summed E-state index contributed by atoms with van der Waals surface area (Å²) in [4.78, 5) is 30.7. The number of nitrogens with zero attached hydrogens (tertiary/aromatic N) is 3. The number of carbonyl (C=O) groups excluding carboxylic acids is 2. The Balaban J connectivity index is 1.36. The quantitative estimate of drug-likeness (QED) is 0.308. The molecule has 1 atom stereocenters. The number of allylic oxidation sites excluding steroid dienone is 1. The molecular formula is C30H23ClF2N4O2. The number of likely N-dealkylation sites (tertiary alicyclic amines) is 1. The Labute approximate surface area is 228 Å². The second-order valence-corrected chi connectivity index (χ2v) is 10.0. The SMILES string of the molecule is C/C(=C\c1ccc2nccc(C(=O)NCC(=O)N3CC(F)(F)C[C@H]3C#N)c2c1)c1ccc2cc(Cl)ccc2c1. The van der Waals surface area contributed by atoms with Gasteiger partial charge in [-0.3, -0.25) is 14.6 Å². The van der Waals surface area contributed by atoms with Gasteiger partial charge in [0, 0.05) is 23.0 Å². The number of carbonyl (C=O) groups is 2. The van der Waals surface area contributed by atoms with E-state index in [1.54, 1.807) is 12.1 Å². The first-order valence-corrected chi connectivity index (χ1v) is 12.6. The number of pyridine rings is 1. The Hall–Kier alpha value is -4.35. The molecule has 0 saturated carbocycles. The number of rotatable bonds is 5. The van der Waals surface area contributed by atoms with E-state index in [0.29, 0.717) is 21.5 Å². The number of fused-ring (bicyclic) bond motifs is 2. The van der Waals surface area contributed by atoms with Crippen molar-refractivity contribution in [2.45, 2.75) is 25.3 Å². The lowest BCUT2D eigenvalue weighted by Gasteiger charge is -2.19. The number of hydrogen-bond donors (Lipinski definition) is 1. The summed E-state index contributed by atoms with van der Waals surface area (Å²) in [5.74, 6) is -4.40. The second-order valence-electron chi connectivity index (χ2n) is 9.58. The van der Waals surface area contributed by atoms with Gasteiger partial charge < -0.3 is 10.2 Å². The fourth-order valence-electron chi connectivity index (χ4n) is 4.79. The average molecular weight is 545 g/mol. The van der Waals surface area contributed by atoms with E-state index in [1.807, 2.05) is 61.5 Å². The lowest BCUT2D eigenvalue weighted by atomic mass is 9.99. The molecule has 1 aliphatic rings. The van der Waals surface area contributed by atoms with Crippen molar-refractivity contribution in [1.82, 2.24) is 15.2 Å². The van der Waals surface area contributed by atoms with Crippen LogP contribution in [0.15, 0.2) is 66.9 Å². The molecule has 6 nitrogen and oxygen atoms in total. The van der Waals surface area contributed by atoms with Gasteiger partial charge in [-0.1, -0.05) is 41.9 Å². The smallest absolute Gasteiger partial charge is 0.268 e. The predicted octanol–water partition coefficient (Wildman–Crippen LogP) is 6.09. The van der Waals surface area contributed by atoms with E-state index >= 15 is 0 Å². The van der Waals surface area contributed by atoms with Gasteiger partial charge in [0.25, 0.3) is 11.8 Å². The first-order valence-electron chi connectivity index (χ1n) is 12.3. The summed E-state index contributed by atoms with van der Waals surface area (Å²) in [5, 5.41) is 15.0. The summed E-state index contributed by atoms with van der Waals surface area (Å²) in [6.07, 6.45) is 2.79. The highest BCUT2D eigenvalue weighted by molar-refractivity contribution is 6.31. The molecule has 1 saturated heterocycles. The highest BCUT2D eigenvalue weighted by Gasteiger charge is 2.47. The van der Waals surface area contributed by atoms with Crippen LogP contribution in [0.2, 0.25) is 5.02 Å². The monoisotopic (exact) mass is 544 g/mol. The van der Waals surface area contributed by atoms with Crippen molar-refractivity contribution in [3.8, 4) is 6.07 Å². The molecule has 0 bridgehead atoms. The zero-order chi connectivity index (χ0) is 27.7. The lowest BCUT2D eigenvalue weighted by Crippen LogP contribution is -2.43. The van der Waals surface area contributed by atoms with Crippen LogP contribution in [-0.4, -0.2) is 46.8 Å². The number of amides is 2. The maximum atomic E-state index is 13.7. The third-order valence-corrected chi connectivity index (χ3v) is 7.03. The van der Waals surface area contributed by atoms with Crippen LogP contribution in [0.1, 0.15) is 34.8 Å². The van der Waals surface area contributed by atoms with Crippen LogP contribution in [0, 0.1) is 11.3 Å². The standard InChI is InChI=1S/C30H23ClF2N4O2/c1-18(20-3-4-22-13-23(31)6-5-21(22)12-20)10-19-2-7-27-26(11-19)25(8-9-35-27)29(39)36-16-28(38)37-17-30(32,33)14-24(37)15-34/h2-13,24H,14,16-17H2,1H3,(H,36,39)/b18-10+/t24-/m0/s1. The minimum Gasteiger partial charge on any atom is -0.343 e. The summed E-state index contributed by atoms with van der Waals surface area (Å²) in [7, 11) is 0. The molecule has 9 heteroatoms. The first-order chi connectivity index (χ1) is 18.6. The molecule has 1 fully saturated rings. The molecule has 0 radical (unpaired) electrons. The van der Waals surface area contributed by atoms with Crippen LogP contribution in [0.3, 0.4) is 0 Å². The van der Waals surface area contributed by atoms with Crippen molar-refractivity contribution in [2.24, 2.45) is 0 Å². The van der Waals surface area contributed by atoms with Crippen molar-refractivity contribution >= 4 is 56.7 Å². The Bertz CT molecular complexity index is 1700. The Morgan fingerprint density at radius 2 is 1.92 bits per heavy atom. The van der Waals surface area contributed by atoms with Crippen molar-refractivity contribution in [3.05, 3.63) is 88.6 Å². The first kappa shape index (κ1) is 26.3. The molecule has 2 heterocycles. The number of halogens is 3. The van der Waals surface area contributed by atoms with Gasteiger partial charge in [0.2, 0.25) is 5.91 Å². The van der Waals surface area contributed by atoms with E-state index in [9.17, 15) is 18.4 Å². The van der Waals surface area contributed by atoms with Crippen molar-refractivity contribution in [3.63, 3.8) is 0 Å². The van der Waals surface area contributed by atoms with Crippen LogP contribution in [0.5, 0.6) is 0 Å². The Morgan fingerprint density at radius 1 is 1.15 bits per heavy atom. The second kappa shape index (κ2) is 10.4. The summed E-state index contributed by atoms with van der Waals surface area (Å²) in [5.41, 5.74) is 3.80. The van der Waals surface area contributed by atoms with Gasteiger partial charge in [-0.25, -0.2) is 8.78 Å². The topological polar surface area (TPSA) is 86.1 Å². The highest BCUT2D eigenvalue weighted by atomic mass is 35.5. The molecule has 1 N–H and O–H groups in total. The summed E-state index contributed by atoms with van der Waals surface area (Å²) in [6.45, 7) is 0.668. The number of benzene rings is 3. The van der Waals surface area contributed by atoms with Crippen molar-refractivity contribution in [2.75, 3.05) is 13.1 Å². The maximum Gasteiger partial charge on any atom is 0.268 e. The summed E-state index contributed by atoms with van der Waals surface area (Å²) in [6, 6.07) is 19.5. The zero-order valence-electron chi connectivity index (χ0n) is 20.9. The number of nitrogens with one attached hydrogen (secondary N) is 1. The van der Waals surface area contributed by atoms with E-state index in [2.05, 4.69) is 16.4 Å². The number of aromatic nitrogens is 1. The molecule has 0 aliphatic carbocycles. The molecule has 2 amide bonds. The zero-order valence-corrected chi connectivity index (χ0v) is 21.7. The molecule has 0 unspecified atom stereocenters. The number of hydrogen-bond acceptors (Lipinski definition) is 4. The molecule has 3 aromatic carbocycles. The van der Waals surface area contributed by atoms with E-state index in [4.69, 9.17) is 16.9 Å². The molecule has 5 rings (SSSR count). The minimum absolute atomic E-state index is 0.298. The predicted molar refractivity (Wildman–Crippen MR) is 147 cm³/mol. The van der Waals surface area contributed by atoms with Gasteiger partial charge in [-0.05, 0) is 70.8 Å². The molecule has 4 aromatic rings.